The molecule has 0 spiro atoms. The lowest BCUT2D eigenvalue weighted by molar-refractivity contribution is 0.0920. The van der Waals surface area contributed by atoms with Crippen LogP contribution in [0.2, 0.25) is 0 Å². The Bertz CT molecular complexity index is 1140. The third kappa shape index (κ3) is 4.65. The predicted molar refractivity (Wildman–Crippen MR) is 122 cm³/mol. The Kier molecular flexibility index (Phi) is 6.50. The zero-order chi connectivity index (χ0) is 22.7. The van der Waals surface area contributed by atoms with Gasteiger partial charge in [0, 0.05) is 18.7 Å². The van der Waals surface area contributed by atoms with E-state index in [1.165, 1.54) is 54.6 Å². The van der Waals surface area contributed by atoms with Crippen molar-refractivity contribution in [3.8, 4) is 16.9 Å². The SMILES string of the molecule is C[C@@H](CO)NC(=O)c1cc(-c2ccc(C3CCCCC3)cc2)nn(-c2cnn(C)c2)c1=O. The van der Waals surface area contributed by atoms with Crippen molar-refractivity contribution in [2.24, 2.45) is 7.05 Å². The molecule has 0 aliphatic heterocycles. The van der Waals surface area contributed by atoms with E-state index in [0.29, 0.717) is 17.3 Å². The van der Waals surface area contributed by atoms with Gasteiger partial charge in [0.05, 0.1) is 24.7 Å². The van der Waals surface area contributed by atoms with Crippen molar-refractivity contribution in [2.45, 2.75) is 51.0 Å². The van der Waals surface area contributed by atoms with Crippen LogP contribution in [-0.4, -0.2) is 43.2 Å². The molecule has 8 heteroatoms. The van der Waals surface area contributed by atoms with Crippen LogP contribution in [0.5, 0.6) is 0 Å². The lowest BCUT2D eigenvalue weighted by Crippen LogP contribution is -2.39. The molecule has 4 rings (SSSR count). The second kappa shape index (κ2) is 9.48. The van der Waals surface area contributed by atoms with Gasteiger partial charge in [-0.3, -0.25) is 14.3 Å². The number of nitrogens with one attached hydrogen (secondary N) is 1. The fraction of sp³-hybridized carbons (Fsp3) is 0.417. The topological polar surface area (TPSA) is 102 Å². The predicted octanol–water partition coefficient (Wildman–Crippen LogP) is 2.79. The second-order valence-electron chi connectivity index (χ2n) is 8.55. The summed E-state index contributed by atoms with van der Waals surface area (Å²) in [6.45, 7) is 1.45. The molecule has 1 amide bonds. The van der Waals surface area contributed by atoms with Crippen LogP contribution >= 0.6 is 0 Å². The van der Waals surface area contributed by atoms with Crippen LogP contribution in [0.25, 0.3) is 16.9 Å². The molecule has 0 saturated heterocycles. The quantitative estimate of drug-likeness (QED) is 0.620. The maximum Gasteiger partial charge on any atom is 0.284 e. The number of carbonyl (C=O) groups is 1. The Hall–Kier alpha value is -3.26. The minimum Gasteiger partial charge on any atom is -0.394 e. The first-order valence-corrected chi connectivity index (χ1v) is 11.1. The maximum absolute atomic E-state index is 13.1. The standard InChI is InChI=1S/C24H29N5O3/c1-16(15-30)26-23(31)21-12-22(27-29(24(21)32)20-13-25-28(2)14-20)19-10-8-18(9-11-19)17-6-4-3-5-7-17/h8-14,16-17,30H,3-7,15H2,1-2H3,(H,26,31)/t16-/m0/s1. The van der Waals surface area contributed by atoms with Gasteiger partial charge in [0.1, 0.15) is 11.3 Å². The Morgan fingerprint density at radius 3 is 2.56 bits per heavy atom. The first-order valence-electron chi connectivity index (χ1n) is 11.1. The molecule has 2 N–H and O–H groups in total. The van der Waals surface area contributed by atoms with Crippen molar-refractivity contribution < 1.29 is 9.90 Å². The molecule has 32 heavy (non-hydrogen) atoms. The van der Waals surface area contributed by atoms with E-state index in [1.807, 2.05) is 12.1 Å². The smallest absolute Gasteiger partial charge is 0.284 e. The highest BCUT2D eigenvalue weighted by atomic mass is 16.3. The van der Waals surface area contributed by atoms with E-state index in [2.05, 4.69) is 27.6 Å². The maximum atomic E-state index is 13.1. The van der Waals surface area contributed by atoms with Crippen LogP contribution in [-0.2, 0) is 7.05 Å². The second-order valence-corrected chi connectivity index (χ2v) is 8.55. The molecule has 1 aliphatic carbocycles. The summed E-state index contributed by atoms with van der Waals surface area (Å²) < 4.78 is 2.78. The van der Waals surface area contributed by atoms with Crippen LogP contribution in [0.3, 0.4) is 0 Å². The van der Waals surface area contributed by atoms with Gasteiger partial charge in [0.25, 0.3) is 11.5 Å². The molecule has 1 aromatic carbocycles. The summed E-state index contributed by atoms with van der Waals surface area (Å²) in [5.41, 5.74) is 2.57. The molecule has 2 aromatic heterocycles. The minimum absolute atomic E-state index is 0.0319. The fourth-order valence-electron chi connectivity index (χ4n) is 4.20. The number of carbonyl (C=O) groups excluding carboxylic acids is 1. The van der Waals surface area contributed by atoms with Crippen LogP contribution in [0.1, 0.15) is 60.9 Å². The number of aryl methyl sites for hydroxylation is 1. The fourth-order valence-corrected chi connectivity index (χ4v) is 4.20. The van der Waals surface area contributed by atoms with E-state index >= 15 is 0 Å². The molecule has 2 heterocycles. The van der Waals surface area contributed by atoms with Crippen molar-refractivity contribution in [2.75, 3.05) is 6.61 Å². The van der Waals surface area contributed by atoms with Crippen LogP contribution in [0.15, 0.2) is 47.5 Å². The van der Waals surface area contributed by atoms with Gasteiger partial charge in [0.2, 0.25) is 0 Å². The summed E-state index contributed by atoms with van der Waals surface area (Å²) in [4.78, 5) is 25.9. The molecule has 1 fully saturated rings. The molecule has 1 saturated carbocycles. The number of hydrogen-bond acceptors (Lipinski definition) is 5. The zero-order valence-electron chi connectivity index (χ0n) is 18.5. The van der Waals surface area contributed by atoms with Crippen molar-refractivity contribution in [1.82, 2.24) is 24.9 Å². The highest BCUT2D eigenvalue weighted by molar-refractivity contribution is 5.95. The van der Waals surface area contributed by atoms with Gasteiger partial charge in [-0.2, -0.15) is 14.9 Å². The average molecular weight is 436 g/mol. The molecule has 0 bridgehead atoms. The van der Waals surface area contributed by atoms with E-state index in [1.54, 1.807) is 24.9 Å². The minimum atomic E-state index is -0.545. The summed E-state index contributed by atoms with van der Waals surface area (Å²) in [6.07, 6.45) is 9.50. The highest BCUT2D eigenvalue weighted by Gasteiger charge is 2.20. The summed E-state index contributed by atoms with van der Waals surface area (Å²) in [6, 6.07) is 9.30. The van der Waals surface area contributed by atoms with Crippen LogP contribution in [0, 0.1) is 0 Å². The van der Waals surface area contributed by atoms with Gasteiger partial charge >= 0.3 is 0 Å². The Morgan fingerprint density at radius 2 is 1.94 bits per heavy atom. The van der Waals surface area contributed by atoms with Gasteiger partial charge in [-0.1, -0.05) is 43.5 Å². The van der Waals surface area contributed by atoms with Crippen molar-refractivity contribution in [3.63, 3.8) is 0 Å². The van der Waals surface area contributed by atoms with E-state index < -0.39 is 17.5 Å². The normalized spacial score (nSPS) is 15.5. The van der Waals surface area contributed by atoms with Gasteiger partial charge in [0.15, 0.2) is 0 Å². The number of amides is 1. The Balaban J connectivity index is 1.74. The summed E-state index contributed by atoms with van der Waals surface area (Å²) in [5, 5.41) is 20.6. The summed E-state index contributed by atoms with van der Waals surface area (Å²) in [5.74, 6) is 0.0491. The van der Waals surface area contributed by atoms with Crippen LogP contribution < -0.4 is 10.9 Å². The van der Waals surface area contributed by atoms with Gasteiger partial charge in [-0.05, 0) is 37.3 Å². The van der Waals surface area contributed by atoms with Gasteiger partial charge < -0.3 is 10.4 Å². The molecule has 0 unspecified atom stereocenters. The monoisotopic (exact) mass is 435 g/mol. The van der Waals surface area contributed by atoms with Crippen molar-refractivity contribution >= 4 is 5.91 Å². The first kappa shape index (κ1) is 22.0. The molecular formula is C24H29N5O3. The lowest BCUT2D eigenvalue weighted by Gasteiger charge is -2.22. The highest BCUT2D eigenvalue weighted by Crippen LogP contribution is 2.33. The Morgan fingerprint density at radius 1 is 1.22 bits per heavy atom. The average Bonchev–Trinajstić information content (AvgIpc) is 3.25. The Labute approximate surface area is 186 Å². The third-order valence-electron chi connectivity index (χ3n) is 6.03. The molecular weight excluding hydrogens is 406 g/mol. The van der Waals surface area contributed by atoms with E-state index in [0.717, 1.165) is 5.56 Å². The molecule has 3 aromatic rings. The van der Waals surface area contributed by atoms with E-state index in [4.69, 9.17) is 0 Å². The number of benzene rings is 1. The molecule has 168 valence electrons. The molecule has 1 atom stereocenters. The molecule has 0 radical (unpaired) electrons. The third-order valence-corrected chi connectivity index (χ3v) is 6.03. The van der Waals surface area contributed by atoms with E-state index in [9.17, 15) is 14.7 Å². The number of rotatable bonds is 6. The number of hydrogen-bond donors (Lipinski definition) is 2. The number of nitrogens with zero attached hydrogens (tertiary/aromatic N) is 4. The van der Waals surface area contributed by atoms with E-state index in [-0.39, 0.29) is 12.2 Å². The van der Waals surface area contributed by atoms with Crippen molar-refractivity contribution in [1.29, 1.82) is 0 Å². The van der Waals surface area contributed by atoms with Gasteiger partial charge in [-0.25, -0.2) is 0 Å². The number of aromatic nitrogens is 4. The van der Waals surface area contributed by atoms with Crippen molar-refractivity contribution in [3.05, 3.63) is 64.2 Å². The number of aliphatic hydroxyl groups is 1. The van der Waals surface area contributed by atoms with Gasteiger partial charge in [-0.15, -0.1) is 0 Å². The van der Waals surface area contributed by atoms with Crippen LogP contribution in [0.4, 0.5) is 0 Å². The lowest BCUT2D eigenvalue weighted by atomic mass is 9.84. The number of aliphatic hydroxyl groups excluding tert-OH is 1. The molecule has 8 nitrogen and oxygen atoms in total. The summed E-state index contributed by atoms with van der Waals surface area (Å²) in [7, 11) is 1.75. The summed E-state index contributed by atoms with van der Waals surface area (Å²) >= 11 is 0. The zero-order valence-corrected chi connectivity index (χ0v) is 18.5. The first-order chi connectivity index (χ1) is 15.5. The largest absolute Gasteiger partial charge is 0.394 e. The molecule has 1 aliphatic rings.